The van der Waals surface area contributed by atoms with E-state index in [1.165, 1.54) is 12.1 Å². The van der Waals surface area contributed by atoms with Crippen LogP contribution in [0.3, 0.4) is 0 Å². The van der Waals surface area contributed by atoms with E-state index in [1.807, 2.05) is 36.9 Å². The Hall–Kier alpha value is -1.52. The molecule has 3 rings (SSSR count). The Labute approximate surface area is 156 Å². The monoisotopic (exact) mass is 361 g/mol. The van der Waals surface area contributed by atoms with Gasteiger partial charge in [-0.15, -0.1) is 0 Å². The number of carbonyl (C=O) groups excluding carboxylic acids is 1. The third-order valence-corrected chi connectivity index (χ3v) is 5.36. The van der Waals surface area contributed by atoms with Crippen molar-refractivity contribution >= 4 is 23.2 Å². The summed E-state index contributed by atoms with van der Waals surface area (Å²) in [7, 11) is 0. The Bertz CT molecular complexity index is 634. The number of allylic oxidation sites excluding steroid dienone is 1. The molecular formula is C20H28ClN3O. The fourth-order valence-electron chi connectivity index (χ4n) is 3.81. The predicted molar refractivity (Wildman–Crippen MR) is 104 cm³/mol. The summed E-state index contributed by atoms with van der Waals surface area (Å²) in [5.74, 6) is 0.169. The molecule has 2 aliphatic rings. The highest BCUT2D eigenvalue weighted by atomic mass is 35.5. The standard InChI is InChI=1S/C20H28ClN3O/c1-16(2)13-20(25)24-8-4-7-19(15-24)23-11-9-22(10-12-23)18-6-3-5-17(21)14-18/h3,5-6,13-14,19H,4,7-12,15H2,1-2H3/t19-/m1/s1. The number of piperidine rings is 1. The van der Waals surface area contributed by atoms with Gasteiger partial charge in [0.1, 0.15) is 0 Å². The van der Waals surface area contributed by atoms with E-state index in [9.17, 15) is 4.79 Å². The van der Waals surface area contributed by atoms with Gasteiger partial charge in [0.05, 0.1) is 0 Å². The van der Waals surface area contributed by atoms with Crippen LogP contribution in [0, 0.1) is 0 Å². The van der Waals surface area contributed by atoms with E-state index in [2.05, 4.69) is 15.9 Å². The number of anilines is 1. The fourth-order valence-corrected chi connectivity index (χ4v) is 3.99. The Morgan fingerprint density at radius 3 is 2.60 bits per heavy atom. The van der Waals surface area contributed by atoms with Gasteiger partial charge in [-0.25, -0.2) is 0 Å². The summed E-state index contributed by atoms with van der Waals surface area (Å²) in [5, 5.41) is 0.792. The lowest BCUT2D eigenvalue weighted by Crippen LogP contribution is -2.55. The average Bonchev–Trinajstić information content (AvgIpc) is 2.61. The Balaban J connectivity index is 1.55. The minimum Gasteiger partial charge on any atom is -0.369 e. The number of nitrogens with zero attached hydrogens (tertiary/aromatic N) is 3. The smallest absolute Gasteiger partial charge is 0.246 e. The number of hydrogen-bond acceptors (Lipinski definition) is 3. The van der Waals surface area contributed by atoms with Crippen LogP contribution in [-0.2, 0) is 4.79 Å². The van der Waals surface area contributed by atoms with E-state index in [4.69, 9.17) is 11.6 Å². The summed E-state index contributed by atoms with van der Waals surface area (Å²) in [6.07, 6.45) is 4.05. The van der Waals surface area contributed by atoms with Gasteiger partial charge in [0, 0.05) is 62.1 Å². The van der Waals surface area contributed by atoms with Gasteiger partial charge in [-0.05, 0) is 44.9 Å². The Kier molecular flexibility index (Phi) is 6.02. The van der Waals surface area contributed by atoms with Crippen LogP contribution in [0.2, 0.25) is 5.02 Å². The van der Waals surface area contributed by atoms with Crippen LogP contribution in [-0.4, -0.2) is 61.0 Å². The first-order chi connectivity index (χ1) is 12.0. The molecule has 4 nitrogen and oxygen atoms in total. The van der Waals surface area contributed by atoms with Gasteiger partial charge < -0.3 is 9.80 Å². The molecule has 1 amide bonds. The number of amides is 1. The second-order valence-corrected chi connectivity index (χ2v) is 7.74. The van der Waals surface area contributed by atoms with Gasteiger partial charge in [-0.1, -0.05) is 23.2 Å². The lowest BCUT2D eigenvalue weighted by molar-refractivity contribution is -0.128. The molecule has 136 valence electrons. The molecule has 2 aliphatic heterocycles. The second-order valence-electron chi connectivity index (χ2n) is 7.30. The van der Waals surface area contributed by atoms with Crippen molar-refractivity contribution in [2.45, 2.75) is 32.7 Å². The zero-order valence-corrected chi connectivity index (χ0v) is 16.0. The largest absolute Gasteiger partial charge is 0.369 e. The highest BCUT2D eigenvalue weighted by Crippen LogP contribution is 2.23. The van der Waals surface area contributed by atoms with Crippen molar-refractivity contribution < 1.29 is 4.79 Å². The van der Waals surface area contributed by atoms with E-state index in [-0.39, 0.29) is 5.91 Å². The van der Waals surface area contributed by atoms with Crippen LogP contribution < -0.4 is 4.90 Å². The highest BCUT2D eigenvalue weighted by molar-refractivity contribution is 6.30. The zero-order chi connectivity index (χ0) is 17.8. The minimum atomic E-state index is 0.169. The van der Waals surface area contributed by atoms with E-state index in [0.29, 0.717) is 6.04 Å². The van der Waals surface area contributed by atoms with Crippen LogP contribution in [0.1, 0.15) is 26.7 Å². The maximum atomic E-state index is 12.3. The summed E-state index contributed by atoms with van der Waals surface area (Å²) in [4.78, 5) is 19.3. The third kappa shape index (κ3) is 4.77. The summed E-state index contributed by atoms with van der Waals surface area (Å²) in [6, 6.07) is 8.59. The third-order valence-electron chi connectivity index (χ3n) is 5.12. The first-order valence-electron chi connectivity index (χ1n) is 9.21. The molecule has 0 N–H and O–H groups in total. The van der Waals surface area contributed by atoms with Crippen molar-refractivity contribution in [3.63, 3.8) is 0 Å². The first kappa shape index (κ1) is 18.3. The topological polar surface area (TPSA) is 26.8 Å². The Morgan fingerprint density at radius 1 is 1.16 bits per heavy atom. The van der Waals surface area contributed by atoms with Crippen LogP contribution in [0.25, 0.3) is 0 Å². The van der Waals surface area contributed by atoms with Gasteiger partial charge in [-0.2, -0.15) is 0 Å². The number of likely N-dealkylation sites (tertiary alicyclic amines) is 1. The van der Waals surface area contributed by atoms with Crippen molar-refractivity contribution in [3.8, 4) is 0 Å². The lowest BCUT2D eigenvalue weighted by atomic mass is 10.0. The van der Waals surface area contributed by atoms with E-state index < -0.39 is 0 Å². The molecule has 1 atom stereocenters. The normalized spacial score (nSPS) is 22.0. The molecule has 0 aliphatic carbocycles. The number of benzene rings is 1. The molecule has 0 radical (unpaired) electrons. The lowest BCUT2D eigenvalue weighted by Gasteiger charge is -2.43. The molecule has 0 spiro atoms. The summed E-state index contributed by atoms with van der Waals surface area (Å²) >= 11 is 6.12. The quantitative estimate of drug-likeness (QED) is 0.772. The minimum absolute atomic E-state index is 0.169. The Morgan fingerprint density at radius 2 is 1.92 bits per heavy atom. The molecule has 1 aromatic carbocycles. The van der Waals surface area contributed by atoms with Crippen molar-refractivity contribution in [3.05, 3.63) is 40.9 Å². The predicted octanol–water partition coefficient (Wildman–Crippen LogP) is 3.42. The van der Waals surface area contributed by atoms with Crippen LogP contribution >= 0.6 is 11.6 Å². The van der Waals surface area contributed by atoms with Gasteiger partial charge in [0.25, 0.3) is 0 Å². The van der Waals surface area contributed by atoms with Crippen LogP contribution in [0.4, 0.5) is 5.69 Å². The second kappa shape index (κ2) is 8.24. The van der Waals surface area contributed by atoms with Gasteiger partial charge in [0.2, 0.25) is 5.91 Å². The molecule has 2 fully saturated rings. The van der Waals surface area contributed by atoms with Crippen LogP contribution in [0.5, 0.6) is 0 Å². The molecule has 0 unspecified atom stereocenters. The fraction of sp³-hybridized carbons (Fsp3) is 0.550. The van der Waals surface area contributed by atoms with Gasteiger partial charge in [-0.3, -0.25) is 9.69 Å². The van der Waals surface area contributed by atoms with Crippen molar-refractivity contribution in [1.82, 2.24) is 9.80 Å². The van der Waals surface area contributed by atoms with Crippen LogP contribution in [0.15, 0.2) is 35.9 Å². The highest BCUT2D eigenvalue weighted by Gasteiger charge is 2.29. The molecule has 5 heteroatoms. The molecule has 2 heterocycles. The number of halogens is 1. The molecular weight excluding hydrogens is 334 g/mol. The molecule has 1 aromatic rings. The zero-order valence-electron chi connectivity index (χ0n) is 15.2. The average molecular weight is 362 g/mol. The van der Waals surface area contributed by atoms with Crippen molar-refractivity contribution in [2.24, 2.45) is 0 Å². The van der Waals surface area contributed by atoms with E-state index in [1.54, 1.807) is 6.08 Å². The maximum absolute atomic E-state index is 12.3. The number of rotatable bonds is 3. The number of hydrogen-bond donors (Lipinski definition) is 0. The molecule has 2 saturated heterocycles. The first-order valence-corrected chi connectivity index (χ1v) is 9.59. The van der Waals surface area contributed by atoms with E-state index >= 15 is 0 Å². The summed E-state index contributed by atoms with van der Waals surface area (Å²) < 4.78 is 0. The SMILES string of the molecule is CC(C)=CC(=O)N1CCC[C@@H](N2CCN(c3cccc(Cl)c3)CC2)C1. The molecule has 0 bridgehead atoms. The number of piperazine rings is 1. The van der Waals surface area contributed by atoms with Gasteiger partial charge in [0.15, 0.2) is 0 Å². The maximum Gasteiger partial charge on any atom is 0.246 e. The molecule has 0 aromatic heterocycles. The van der Waals surface area contributed by atoms with Gasteiger partial charge >= 0.3 is 0 Å². The number of carbonyl (C=O) groups is 1. The molecule has 25 heavy (non-hydrogen) atoms. The van der Waals surface area contributed by atoms with Crippen molar-refractivity contribution in [1.29, 1.82) is 0 Å². The summed E-state index contributed by atoms with van der Waals surface area (Å²) in [5.41, 5.74) is 2.28. The molecule has 0 saturated carbocycles. The van der Waals surface area contributed by atoms with E-state index in [0.717, 1.165) is 56.3 Å². The van der Waals surface area contributed by atoms with Crippen molar-refractivity contribution in [2.75, 3.05) is 44.2 Å². The summed E-state index contributed by atoms with van der Waals surface area (Å²) in [6.45, 7) is 9.82.